The summed E-state index contributed by atoms with van der Waals surface area (Å²) in [5, 5.41) is 12.9. The smallest absolute Gasteiger partial charge is 0.266 e. The van der Waals surface area contributed by atoms with Crippen LogP contribution >= 0.6 is 11.6 Å². The predicted octanol–water partition coefficient (Wildman–Crippen LogP) is 6.08. The van der Waals surface area contributed by atoms with Gasteiger partial charge in [-0.25, -0.2) is 0 Å². The van der Waals surface area contributed by atoms with Crippen molar-refractivity contribution in [2.75, 3.05) is 5.32 Å². The van der Waals surface area contributed by atoms with Crippen LogP contribution in [0.2, 0.25) is 5.02 Å². The third kappa shape index (κ3) is 5.50. The van der Waals surface area contributed by atoms with Crippen molar-refractivity contribution in [1.82, 2.24) is 0 Å². The minimum Gasteiger partial charge on any atom is -0.489 e. The number of nitrogens with one attached hydrogen (secondary N) is 1. The molecule has 0 atom stereocenters. The number of halogens is 1. The summed E-state index contributed by atoms with van der Waals surface area (Å²) in [4.78, 5) is 12.5. The van der Waals surface area contributed by atoms with E-state index in [9.17, 15) is 10.1 Å². The molecule has 0 aromatic heterocycles. The van der Waals surface area contributed by atoms with Crippen LogP contribution in [0.4, 0.5) is 5.69 Å². The highest BCUT2D eigenvalue weighted by Crippen LogP contribution is 2.21. The molecular weight excluding hydrogens is 396 g/mol. The second-order valence-corrected chi connectivity index (χ2v) is 7.28. The van der Waals surface area contributed by atoms with Crippen LogP contribution in [0.15, 0.2) is 72.3 Å². The summed E-state index contributed by atoms with van der Waals surface area (Å²) in [5.74, 6) is 0.165. The van der Waals surface area contributed by atoms with Gasteiger partial charge in [0.2, 0.25) is 0 Å². The van der Waals surface area contributed by atoms with Gasteiger partial charge in [0.1, 0.15) is 24.0 Å². The van der Waals surface area contributed by atoms with Crippen molar-refractivity contribution in [1.29, 1.82) is 5.26 Å². The normalized spacial score (nSPS) is 10.9. The topological polar surface area (TPSA) is 62.1 Å². The van der Waals surface area contributed by atoms with E-state index in [1.165, 1.54) is 0 Å². The number of benzene rings is 3. The van der Waals surface area contributed by atoms with Crippen LogP contribution in [0.3, 0.4) is 0 Å². The molecule has 4 nitrogen and oxygen atoms in total. The van der Waals surface area contributed by atoms with Crippen LogP contribution in [0.1, 0.15) is 22.3 Å². The van der Waals surface area contributed by atoms with Crippen molar-refractivity contribution < 1.29 is 9.53 Å². The molecule has 0 unspecified atom stereocenters. The van der Waals surface area contributed by atoms with Gasteiger partial charge in [-0.05, 0) is 66.9 Å². The molecule has 0 aliphatic heterocycles. The second-order valence-electron chi connectivity index (χ2n) is 6.88. The molecule has 150 valence electrons. The first kappa shape index (κ1) is 21.2. The van der Waals surface area contributed by atoms with Gasteiger partial charge in [-0.3, -0.25) is 4.79 Å². The number of hydrogen-bond acceptors (Lipinski definition) is 3. The van der Waals surface area contributed by atoms with Crippen molar-refractivity contribution in [3.05, 3.63) is 99.6 Å². The first-order valence-corrected chi connectivity index (χ1v) is 9.81. The minimum absolute atomic E-state index is 0.0106. The zero-order chi connectivity index (χ0) is 21.5. The second kappa shape index (κ2) is 9.78. The maximum atomic E-state index is 12.5. The Morgan fingerprint density at radius 3 is 2.60 bits per heavy atom. The largest absolute Gasteiger partial charge is 0.489 e. The Hall–Kier alpha value is -3.55. The molecule has 0 heterocycles. The van der Waals surface area contributed by atoms with E-state index < -0.39 is 5.91 Å². The highest BCUT2D eigenvalue weighted by Gasteiger charge is 2.10. The molecule has 5 heteroatoms. The number of aryl methyl sites for hydroxylation is 2. The average Bonchev–Trinajstić information content (AvgIpc) is 2.74. The van der Waals surface area contributed by atoms with Gasteiger partial charge >= 0.3 is 0 Å². The summed E-state index contributed by atoms with van der Waals surface area (Å²) in [7, 11) is 0. The van der Waals surface area contributed by atoms with Crippen LogP contribution < -0.4 is 10.1 Å². The van der Waals surface area contributed by atoms with Gasteiger partial charge in [-0.1, -0.05) is 48.0 Å². The molecule has 1 amide bonds. The lowest BCUT2D eigenvalue weighted by molar-refractivity contribution is -0.112. The maximum Gasteiger partial charge on any atom is 0.266 e. The van der Waals surface area contributed by atoms with Crippen molar-refractivity contribution in [3.63, 3.8) is 0 Å². The summed E-state index contributed by atoms with van der Waals surface area (Å²) < 4.78 is 5.81. The lowest BCUT2D eigenvalue weighted by atomic mass is 10.1. The molecule has 0 radical (unpaired) electrons. The van der Waals surface area contributed by atoms with Crippen LogP contribution in [-0.2, 0) is 11.4 Å². The Morgan fingerprint density at radius 1 is 1.07 bits per heavy atom. The van der Waals surface area contributed by atoms with Crippen molar-refractivity contribution in [2.45, 2.75) is 20.5 Å². The SMILES string of the molecule is Cc1ccc(NC(=O)C(C#N)=Cc2cccc(OCc3ccccc3Cl)c2)cc1C. The molecule has 30 heavy (non-hydrogen) atoms. The van der Waals surface area contributed by atoms with Gasteiger partial charge in [0, 0.05) is 16.3 Å². The molecule has 0 saturated carbocycles. The Morgan fingerprint density at radius 2 is 1.87 bits per heavy atom. The highest BCUT2D eigenvalue weighted by molar-refractivity contribution is 6.31. The molecule has 0 saturated heterocycles. The van der Waals surface area contributed by atoms with E-state index in [2.05, 4.69) is 5.32 Å². The molecule has 3 aromatic carbocycles. The third-order valence-electron chi connectivity index (χ3n) is 4.65. The number of nitrogens with zero attached hydrogens (tertiary/aromatic N) is 1. The zero-order valence-electron chi connectivity index (χ0n) is 16.8. The van der Waals surface area contributed by atoms with Crippen LogP contribution in [0, 0.1) is 25.2 Å². The fourth-order valence-electron chi connectivity index (χ4n) is 2.80. The van der Waals surface area contributed by atoms with Crippen LogP contribution in [0.25, 0.3) is 6.08 Å². The summed E-state index contributed by atoms with van der Waals surface area (Å²) in [6.45, 7) is 4.30. The lowest BCUT2D eigenvalue weighted by Gasteiger charge is -2.09. The van der Waals surface area contributed by atoms with E-state index in [1.807, 2.05) is 80.6 Å². The number of anilines is 1. The summed E-state index contributed by atoms with van der Waals surface area (Å²) in [5.41, 5.74) is 4.44. The number of hydrogen-bond donors (Lipinski definition) is 1. The lowest BCUT2D eigenvalue weighted by Crippen LogP contribution is -2.13. The molecule has 3 aromatic rings. The average molecular weight is 417 g/mol. The van der Waals surface area contributed by atoms with Crippen LogP contribution in [0.5, 0.6) is 5.75 Å². The molecule has 0 aliphatic rings. The number of nitriles is 1. The monoisotopic (exact) mass is 416 g/mol. The molecule has 1 N–H and O–H groups in total. The first-order chi connectivity index (χ1) is 14.5. The van der Waals surface area contributed by atoms with Gasteiger partial charge in [-0.2, -0.15) is 5.26 Å². The predicted molar refractivity (Wildman–Crippen MR) is 120 cm³/mol. The summed E-state index contributed by atoms with van der Waals surface area (Å²) in [6.07, 6.45) is 1.54. The Labute approximate surface area is 181 Å². The maximum absolute atomic E-state index is 12.5. The minimum atomic E-state index is -0.455. The number of carbonyl (C=O) groups excluding carboxylic acids is 1. The standard InChI is InChI=1S/C25H21ClN2O2/c1-17-10-11-22(12-18(17)2)28-25(29)21(15-27)13-19-6-5-8-23(14-19)30-16-20-7-3-4-9-24(20)26/h3-14H,16H2,1-2H3,(H,28,29). The first-order valence-electron chi connectivity index (χ1n) is 9.43. The van der Waals surface area contributed by atoms with Crippen molar-refractivity contribution in [3.8, 4) is 11.8 Å². The highest BCUT2D eigenvalue weighted by atomic mass is 35.5. The van der Waals surface area contributed by atoms with Crippen molar-refractivity contribution in [2.24, 2.45) is 0 Å². The van der Waals surface area contributed by atoms with Gasteiger partial charge in [0.25, 0.3) is 5.91 Å². The Balaban J connectivity index is 1.73. The van der Waals surface area contributed by atoms with Crippen molar-refractivity contribution >= 4 is 29.3 Å². The molecule has 0 spiro atoms. The number of amides is 1. The molecule has 3 rings (SSSR count). The Kier molecular flexibility index (Phi) is 6.90. The van der Waals surface area contributed by atoms with Crippen LogP contribution in [-0.4, -0.2) is 5.91 Å². The Bertz CT molecular complexity index is 1150. The van der Waals surface area contributed by atoms with E-state index in [4.69, 9.17) is 16.3 Å². The van der Waals surface area contributed by atoms with Gasteiger partial charge in [-0.15, -0.1) is 0 Å². The van der Waals surface area contributed by atoms with Gasteiger partial charge in [0.05, 0.1) is 0 Å². The quantitative estimate of drug-likeness (QED) is 0.391. The third-order valence-corrected chi connectivity index (χ3v) is 5.02. The zero-order valence-corrected chi connectivity index (χ0v) is 17.5. The fourth-order valence-corrected chi connectivity index (χ4v) is 2.99. The van der Waals surface area contributed by atoms with Gasteiger partial charge in [0.15, 0.2) is 0 Å². The van der Waals surface area contributed by atoms with E-state index in [-0.39, 0.29) is 5.57 Å². The van der Waals surface area contributed by atoms with E-state index in [0.717, 1.165) is 16.7 Å². The number of carbonyl (C=O) groups is 1. The fraction of sp³-hybridized carbons (Fsp3) is 0.120. The molecule has 0 aliphatic carbocycles. The molecule has 0 fully saturated rings. The summed E-state index contributed by atoms with van der Waals surface area (Å²) >= 11 is 6.16. The number of rotatable bonds is 6. The number of ether oxygens (including phenoxy) is 1. The van der Waals surface area contributed by atoms with E-state index in [1.54, 1.807) is 12.1 Å². The van der Waals surface area contributed by atoms with E-state index >= 15 is 0 Å². The molecule has 0 bridgehead atoms. The summed E-state index contributed by atoms with van der Waals surface area (Å²) in [6, 6.07) is 22.3. The van der Waals surface area contributed by atoms with E-state index in [0.29, 0.717) is 28.6 Å². The van der Waals surface area contributed by atoms with Gasteiger partial charge < -0.3 is 10.1 Å². The molecular formula is C25H21ClN2O2.